The zero-order valence-electron chi connectivity index (χ0n) is 31.9. The maximum absolute atomic E-state index is 13.9. The molecule has 0 radical (unpaired) electrons. The summed E-state index contributed by atoms with van der Waals surface area (Å²) in [5.41, 5.74) is -0.621. The van der Waals surface area contributed by atoms with E-state index in [-0.39, 0.29) is 18.3 Å². The van der Waals surface area contributed by atoms with Gasteiger partial charge in [-0.15, -0.1) is 0 Å². The summed E-state index contributed by atoms with van der Waals surface area (Å²) >= 11 is 0. The van der Waals surface area contributed by atoms with E-state index in [1.807, 2.05) is 27.7 Å². The van der Waals surface area contributed by atoms with Gasteiger partial charge in [-0.05, 0) is 43.9 Å². The van der Waals surface area contributed by atoms with Crippen LogP contribution in [0.5, 0.6) is 0 Å². The van der Waals surface area contributed by atoms with Gasteiger partial charge in [0.25, 0.3) is 11.8 Å². The Bertz CT molecular complexity index is 1250. The first-order valence-corrected chi connectivity index (χ1v) is 19.2. The number of carbonyl (C=O) groups is 6. The third kappa shape index (κ3) is 15.1. The molecule has 4 N–H and O–H groups in total. The molecule has 3 atom stereocenters. The second kappa shape index (κ2) is 22.8. The number of ketones is 1. The standard InChI is InChI=1S/C29H43N7O6.C6H12.C3H8/c1-5-7-9-19(23(38)27(41)33-18-11-12-18)34-26(40)21-10-8-15-36(21)28(42)24(29(3,4)6-2)35-22(37)17-32-25(39)20-16-30-13-14-31-20;1-2-4-6-5-3-1;1-3-2/h13-14,16,18-19,21,24H,5-12,15,17H2,1-4H3,(H,32,39)(H,33,41)(H,34,40)(H,35,37);1-6H2;3H2,1-2H3. The van der Waals surface area contributed by atoms with Gasteiger partial charge in [0.15, 0.2) is 0 Å². The van der Waals surface area contributed by atoms with Gasteiger partial charge in [0.2, 0.25) is 23.5 Å². The topological polar surface area (TPSA) is 180 Å². The minimum atomic E-state index is -0.978. The first-order valence-electron chi connectivity index (χ1n) is 19.2. The minimum Gasteiger partial charge on any atom is -0.347 e. The molecule has 1 aromatic heterocycles. The van der Waals surface area contributed by atoms with Crippen molar-refractivity contribution in [2.75, 3.05) is 13.1 Å². The van der Waals surface area contributed by atoms with Gasteiger partial charge in [-0.2, -0.15) is 0 Å². The predicted molar refractivity (Wildman–Crippen MR) is 196 cm³/mol. The van der Waals surface area contributed by atoms with Crippen molar-refractivity contribution in [2.45, 2.75) is 162 Å². The highest BCUT2D eigenvalue weighted by Gasteiger charge is 2.43. The van der Waals surface area contributed by atoms with E-state index in [9.17, 15) is 28.8 Å². The fourth-order valence-electron chi connectivity index (χ4n) is 5.79. The Morgan fingerprint density at radius 3 is 2.04 bits per heavy atom. The van der Waals surface area contributed by atoms with Gasteiger partial charge < -0.3 is 26.2 Å². The average Bonchev–Trinajstić information content (AvgIpc) is 3.82. The molecule has 13 heteroatoms. The van der Waals surface area contributed by atoms with Crippen LogP contribution >= 0.6 is 0 Å². The zero-order valence-corrected chi connectivity index (χ0v) is 31.9. The van der Waals surface area contributed by atoms with Crippen LogP contribution in [0.4, 0.5) is 0 Å². The van der Waals surface area contributed by atoms with Crippen molar-refractivity contribution in [3.63, 3.8) is 0 Å². The van der Waals surface area contributed by atoms with E-state index in [0.29, 0.717) is 38.6 Å². The molecule has 51 heavy (non-hydrogen) atoms. The van der Waals surface area contributed by atoms with Crippen molar-refractivity contribution < 1.29 is 28.8 Å². The van der Waals surface area contributed by atoms with Crippen LogP contribution in [0.15, 0.2) is 18.6 Å². The number of amides is 5. The third-order valence-electron chi connectivity index (χ3n) is 9.40. The normalized spacial score (nSPS) is 18.0. The largest absolute Gasteiger partial charge is 0.347 e. The van der Waals surface area contributed by atoms with Crippen LogP contribution in [0.3, 0.4) is 0 Å². The quantitative estimate of drug-likeness (QED) is 0.193. The van der Waals surface area contributed by atoms with E-state index in [1.165, 1.54) is 68.4 Å². The fourth-order valence-corrected chi connectivity index (χ4v) is 5.79. The minimum absolute atomic E-state index is 0.0151. The number of aromatic nitrogens is 2. The maximum Gasteiger partial charge on any atom is 0.289 e. The number of hydrogen-bond donors (Lipinski definition) is 4. The molecule has 4 rings (SSSR count). The molecular weight excluding hydrogens is 650 g/mol. The molecular formula is C38H63N7O6. The Morgan fingerprint density at radius 2 is 1.51 bits per heavy atom. The van der Waals surface area contributed by atoms with Crippen molar-refractivity contribution in [3.05, 3.63) is 24.3 Å². The van der Waals surface area contributed by atoms with Gasteiger partial charge in [-0.1, -0.05) is 99.3 Å². The van der Waals surface area contributed by atoms with Gasteiger partial charge in [0.05, 0.1) is 18.8 Å². The first kappa shape index (κ1) is 43.3. The zero-order chi connectivity index (χ0) is 37.8. The number of unbranched alkanes of at least 4 members (excludes halogenated alkanes) is 1. The molecule has 3 unspecified atom stereocenters. The van der Waals surface area contributed by atoms with Crippen molar-refractivity contribution in [1.82, 2.24) is 36.1 Å². The molecule has 286 valence electrons. The molecule has 0 aromatic carbocycles. The average molecular weight is 714 g/mol. The molecule has 1 saturated heterocycles. The summed E-state index contributed by atoms with van der Waals surface area (Å²) < 4.78 is 0. The van der Waals surface area contributed by atoms with E-state index >= 15 is 0 Å². The molecule has 0 spiro atoms. The molecule has 13 nitrogen and oxygen atoms in total. The van der Waals surface area contributed by atoms with E-state index in [1.54, 1.807) is 0 Å². The number of hydrogen-bond acceptors (Lipinski definition) is 8. The fraction of sp³-hybridized carbons (Fsp3) is 0.737. The summed E-state index contributed by atoms with van der Waals surface area (Å²) in [7, 11) is 0. The van der Waals surface area contributed by atoms with Gasteiger partial charge in [0, 0.05) is 25.0 Å². The molecule has 3 fully saturated rings. The Morgan fingerprint density at radius 1 is 0.882 bits per heavy atom. The van der Waals surface area contributed by atoms with Gasteiger partial charge >= 0.3 is 0 Å². The number of rotatable bonds is 15. The molecule has 0 bridgehead atoms. The molecule has 2 saturated carbocycles. The van der Waals surface area contributed by atoms with Gasteiger partial charge in [0.1, 0.15) is 17.8 Å². The number of carbonyl (C=O) groups excluding carboxylic acids is 6. The lowest BCUT2D eigenvalue weighted by Crippen LogP contribution is -2.60. The molecule has 1 aliphatic heterocycles. The van der Waals surface area contributed by atoms with Gasteiger partial charge in [-0.25, -0.2) is 4.98 Å². The predicted octanol–water partition coefficient (Wildman–Crippen LogP) is 4.40. The number of likely N-dealkylation sites (tertiary alicyclic amines) is 1. The summed E-state index contributed by atoms with van der Waals surface area (Å²) in [6.07, 6.45) is 19.2. The molecule has 1 aromatic rings. The molecule has 2 aliphatic carbocycles. The van der Waals surface area contributed by atoms with Crippen LogP contribution in [0, 0.1) is 5.41 Å². The maximum atomic E-state index is 13.9. The monoisotopic (exact) mass is 713 g/mol. The highest BCUT2D eigenvalue weighted by molar-refractivity contribution is 6.38. The molecule has 3 aliphatic rings. The number of nitrogens with one attached hydrogen (secondary N) is 4. The highest BCUT2D eigenvalue weighted by atomic mass is 16.2. The Labute approximate surface area is 304 Å². The Kier molecular flexibility index (Phi) is 19.4. The molecule has 2 heterocycles. The van der Waals surface area contributed by atoms with Gasteiger partial charge in [-0.3, -0.25) is 33.8 Å². The lowest BCUT2D eigenvalue weighted by molar-refractivity contribution is -0.145. The van der Waals surface area contributed by atoms with Crippen LogP contribution < -0.4 is 21.3 Å². The van der Waals surface area contributed by atoms with Crippen LogP contribution in [0.2, 0.25) is 0 Å². The van der Waals surface area contributed by atoms with E-state index in [4.69, 9.17) is 0 Å². The summed E-state index contributed by atoms with van der Waals surface area (Å²) in [5, 5.41) is 10.7. The summed E-state index contributed by atoms with van der Waals surface area (Å²) in [5.74, 6) is -3.44. The summed E-state index contributed by atoms with van der Waals surface area (Å²) in [6, 6.07) is -2.78. The van der Waals surface area contributed by atoms with E-state index in [0.717, 1.165) is 19.3 Å². The summed E-state index contributed by atoms with van der Waals surface area (Å²) in [4.78, 5) is 87.0. The van der Waals surface area contributed by atoms with E-state index in [2.05, 4.69) is 45.1 Å². The van der Waals surface area contributed by atoms with Crippen molar-refractivity contribution >= 4 is 35.3 Å². The van der Waals surface area contributed by atoms with Crippen LogP contribution in [0.1, 0.15) is 148 Å². The summed E-state index contributed by atoms with van der Waals surface area (Å²) in [6.45, 7) is 11.7. The highest BCUT2D eigenvalue weighted by Crippen LogP contribution is 2.29. The lowest BCUT2D eigenvalue weighted by Gasteiger charge is -2.37. The first-order chi connectivity index (χ1) is 24.4. The Balaban J connectivity index is 0.000000878. The second-order valence-corrected chi connectivity index (χ2v) is 14.4. The number of nitrogens with zero attached hydrogens (tertiary/aromatic N) is 3. The van der Waals surface area contributed by atoms with Crippen molar-refractivity contribution in [2.24, 2.45) is 5.41 Å². The number of Topliss-reactive ketones (excluding diaryl/α,β-unsaturated/α-hetero) is 1. The van der Waals surface area contributed by atoms with Crippen LogP contribution in [-0.2, 0) is 24.0 Å². The van der Waals surface area contributed by atoms with Crippen LogP contribution in [-0.4, -0.2) is 87.4 Å². The SMILES string of the molecule is C1CCCCC1.CCC.CCCCC(NC(=O)C1CCCN1C(=O)C(NC(=O)CNC(=O)c1cnccn1)C(C)(C)CC)C(=O)C(=O)NC1CC1. The van der Waals surface area contributed by atoms with Crippen molar-refractivity contribution in [1.29, 1.82) is 0 Å². The second-order valence-electron chi connectivity index (χ2n) is 14.4. The third-order valence-corrected chi connectivity index (χ3v) is 9.40. The van der Waals surface area contributed by atoms with Crippen LogP contribution in [0.25, 0.3) is 0 Å². The van der Waals surface area contributed by atoms with E-state index < -0.39 is 58.9 Å². The Hall–Kier alpha value is -3.90. The smallest absolute Gasteiger partial charge is 0.289 e. The lowest BCUT2D eigenvalue weighted by atomic mass is 9.80. The van der Waals surface area contributed by atoms with Crippen molar-refractivity contribution in [3.8, 4) is 0 Å². The molecule has 5 amide bonds.